The molecule has 0 spiro atoms. The monoisotopic (exact) mass is 259 g/mol. The summed E-state index contributed by atoms with van der Waals surface area (Å²) >= 11 is 5.86. The van der Waals surface area contributed by atoms with Crippen molar-refractivity contribution in [1.82, 2.24) is 10.3 Å². The van der Waals surface area contributed by atoms with Crippen LogP contribution in [0.4, 0.5) is 0 Å². The van der Waals surface area contributed by atoms with E-state index in [0.717, 1.165) is 24.4 Å². The smallest absolute Gasteiger partial charge is 0.146 e. The highest BCUT2D eigenvalue weighted by Crippen LogP contribution is 2.34. The molecule has 92 valence electrons. The van der Waals surface area contributed by atoms with Crippen molar-refractivity contribution in [2.45, 2.75) is 25.3 Å². The number of aromatic nitrogens is 1. The number of nitriles is 1. The summed E-state index contributed by atoms with van der Waals surface area (Å²) in [6, 6.07) is 4.42. The summed E-state index contributed by atoms with van der Waals surface area (Å²) in [5.41, 5.74) is 2.77. The predicted octanol–water partition coefficient (Wildman–Crippen LogP) is 2.76. The van der Waals surface area contributed by atoms with Crippen molar-refractivity contribution >= 4 is 17.2 Å². The minimum Gasteiger partial charge on any atom is -0.310 e. The first kappa shape index (κ1) is 11.7. The maximum atomic E-state index is 8.99. The topological polar surface area (TPSA) is 48.7 Å². The second-order valence-electron chi connectivity index (χ2n) is 4.93. The second-order valence-corrected chi connectivity index (χ2v) is 5.29. The van der Waals surface area contributed by atoms with E-state index in [-0.39, 0.29) is 5.15 Å². The number of allylic oxidation sites excluding steroid dienone is 1. The molecule has 2 heterocycles. The molecular weight excluding hydrogens is 246 g/mol. The Balaban J connectivity index is 1.93. The van der Waals surface area contributed by atoms with Crippen LogP contribution >= 0.6 is 11.6 Å². The molecule has 2 atom stereocenters. The SMILES string of the molecule is N#Cc1cc(C2=CC3NCCC3CC2)cnc1Cl. The van der Waals surface area contributed by atoms with Gasteiger partial charge < -0.3 is 5.32 Å². The van der Waals surface area contributed by atoms with Gasteiger partial charge in [0.15, 0.2) is 0 Å². The summed E-state index contributed by atoms with van der Waals surface area (Å²) in [4.78, 5) is 4.09. The van der Waals surface area contributed by atoms with Crippen molar-refractivity contribution in [2.24, 2.45) is 5.92 Å². The Hall–Kier alpha value is -1.37. The first-order valence-corrected chi connectivity index (χ1v) is 6.66. The third-order valence-electron chi connectivity index (χ3n) is 3.90. The van der Waals surface area contributed by atoms with E-state index in [4.69, 9.17) is 16.9 Å². The van der Waals surface area contributed by atoms with Gasteiger partial charge in [-0.2, -0.15) is 5.26 Å². The molecule has 0 amide bonds. The number of fused-ring (bicyclic) bond motifs is 1. The van der Waals surface area contributed by atoms with E-state index in [1.54, 1.807) is 6.20 Å². The highest BCUT2D eigenvalue weighted by molar-refractivity contribution is 6.30. The molecule has 1 saturated heterocycles. The van der Waals surface area contributed by atoms with Crippen molar-refractivity contribution in [3.05, 3.63) is 34.6 Å². The van der Waals surface area contributed by atoms with Crippen molar-refractivity contribution < 1.29 is 0 Å². The maximum Gasteiger partial charge on any atom is 0.146 e. The number of halogens is 1. The van der Waals surface area contributed by atoms with Gasteiger partial charge in [-0.3, -0.25) is 0 Å². The molecule has 0 bridgehead atoms. The number of rotatable bonds is 1. The van der Waals surface area contributed by atoms with E-state index in [1.807, 2.05) is 6.07 Å². The Labute approximate surface area is 111 Å². The maximum absolute atomic E-state index is 8.99. The summed E-state index contributed by atoms with van der Waals surface area (Å²) in [5, 5.41) is 12.8. The molecule has 2 unspecified atom stereocenters. The summed E-state index contributed by atoms with van der Waals surface area (Å²) in [6.45, 7) is 1.11. The summed E-state index contributed by atoms with van der Waals surface area (Å²) < 4.78 is 0. The van der Waals surface area contributed by atoms with Crippen LogP contribution in [0.2, 0.25) is 5.15 Å². The number of pyridine rings is 1. The van der Waals surface area contributed by atoms with E-state index in [9.17, 15) is 0 Å². The van der Waals surface area contributed by atoms with Gasteiger partial charge in [0, 0.05) is 12.2 Å². The van der Waals surface area contributed by atoms with Crippen molar-refractivity contribution in [2.75, 3.05) is 6.54 Å². The van der Waals surface area contributed by atoms with E-state index < -0.39 is 0 Å². The molecule has 1 fully saturated rings. The van der Waals surface area contributed by atoms with Crippen LogP contribution in [-0.2, 0) is 0 Å². The lowest BCUT2D eigenvalue weighted by molar-refractivity contribution is 0.465. The lowest BCUT2D eigenvalue weighted by Crippen LogP contribution is -2.27. The highest BCUT2D eigenvalue weighted by atomic mass is 35.5. The van der Waals surface area contributed by atoms with Crippen LogP contribution in [0.1, 0.15) is 30.4 Å². The molecule has 3 nitrogen and oxygen atoms in total. The zero-order valence-electron chi connectivity index (χ0n) is 9.99. The van der Waals surface area contributed by atoms with Crippen LogP contribution in [0.15, 0.2) is 18.3 Å². The average Bonchev–Trinajstić information content (AvgIpc) is 2.86. The van der Waals surface area contributed by atoms with Crippen LogP contribution in [0, 0.1) is 17.2 Å². The van der Waals surface area contributed by atoms with Gasteiger partial charge in [0.2, 0.25) is 0 Å². The Kier molecular flexibility index (Phi) is 3.07. The third-order valence-corrected chi connectivity index (χ3v) is 4.20. The molecular formula is C14H14ClN3. The van der Waals surface area contributed by atoms with Gasteiger partial charge in [0.25, 0.3) is 0 Å². The van der Waals surface area contributed by atoms with Gasteiger partial charge in [0.05, 0.1) is 5.56 Å². The van der Waals surface area contributed by atoms with E-state index in [1.165, 1.54) is 18.4 Å². The number of hydrogen-bond donors (Lipinski definition) is 1. The lowest BCUT2D eigenvalue weighted by Gasteiger charge is -2.24. The first-order chi connectivity index (χ1) is 8.78. The molecule has 1 aliphatic heterocycles. The largest absolute Gasteiger partial charge is 0.310 e. The minimum atomic E-state index is 0.287. The Morgan fingerprint density at radius 3 is 3.17 bits per heavy atom. The quantitative estimate of drug-likeness (QED) is 0.789. The molecule has 0 saturated carbocycles. The Morgan fingerprint density at radius 1 is 1.44 bits per heavy atom. The molecule has 2 aliphatic rings. The molecule has 1 aliphatic carbocycles. The molecule has 1 N–H and O–H groups in total. The molecule has 4 heteroatoms. The van der Waals surface area contributed by atoms with E-state index >= 15 is 0 Å². The fraction of sp³-hybridized carbons (Fsp3) is 0.429. The molecule has 1 aromatic heterocycles. The van der Waals surface area contributed by atoms with Gasteiger partial charge in [0.1, 0.15) is 11.2 Å². The lowest BCUT2D eigenvalue weighted by atomic mass is 9.84. The van der Waals surface area contributed by atoms with Crippen LogP contribution in [0.3, 0.4) is 0 Å². The number of nitrogens with one attached hydrogen (secondary N) is 1. The number of hydrogen-bond acceptors (Lipinski definition) is 3. The van der Waals surface area contributed by atoms with Crippen molar-refractivity contribution in [1.29, 1.82) is 5.26 Å². The van der Waals surface area contributed by atoms with Crippen molar-refractivity contribution in [3.63, 3.8) is 0 Å². The summed E-state index contributed by atoms with van der Waals surface area (Å²) in [5.74, 6) is 0.782. The van der Waals surface area contributed by atoms with Crippen LogP contribution < -0.4 is 5.32 Å². The zero-order valence-corrected chi connectivity index (χ0v) is 10.7. The first-order valence-electron chi connectivity index (χ1n) is 6.28. The number of nitrogens with zero attached hydrogens (tertiary/aromatic N) is 2. The minimum absolute atomic E-state index is 0.287. The van der Waals surface area contributed by atoms with Crippen molar-refractivity contribution in [3.8, 4) is 6.07 Å². The van der Waals surface area contributed by atoms with Crippen LogP contribution in [0.25, 0.3) is 5.57 Å². The predicted molar refractivity (Wildman–Crippen MR) is 71.1 cm³/mol. The van der Waals surface area contributed by atoms with E-state index in [2.05, 4.69) is 22.4 Å². The van der Waals surface area contributed by atoms with Crippen LogP contribution in [0.5, 0.6) is 0 Å². The molecule has 1 aromatic rings. The third kappa shape index (κ3) is 2.03. The van der Waals surface area contributed by atoms with Gasteiger partial charge >= 0.3 is 0 Å². The van der Waals surface area contributed by atoms with Gasteiger partial charge in [-0.25, -0.2) is 4.98 Å². The van der Waals surface area contributed by atoms with E-state index in [0.29, 0.717) is 11.6 Å². The molecule has 0 aromatic carbocycles. The Bertz CT molecular complexity index is 544. The standard InChI is InChI=1S/C14H14ClN3/c15-14-11(7-16)5-12(8-18-14)10-2-1-9-3-4-17-13(9)6-10/h5-6,8-9,13,17H,1-4H2. The molecule has 18 heavy (non-hydrogen) atoms. The second kappa shape index (κ2) is 4.72. The van der Waals surface area contributed by atoms with Gasteiger partial charge in [-0.15, -0.1) is 0 Å². The fourth-order valence-corrected chi connectivity index (χ4v) is 3.03. The zero-order chi connectivity index (χ0) is 12.5. The fourth-order valence-electron chi connectivity index (χ4n) is 2.88. The average molecular weight is 260 g/mol. The summed E-state index contributed by atoms with van der Waals surface area (Å²) in [7, 11) is 0. The highest BCUT2D eigenvalue weighted by Gasteiger charge is 2.29. The molecule has 3 rings (SSSR count). The van der Waals surface area contributed by atoms with Gasteiger partial charge in [-0.05, 0) is 48.9 Å². The van der Waals surface area contributed by atoms with Gasteiger partial charge in [-0.1, -0.05) is 17.7 Å². The molecule has 0 radical (unpaired) electrons. The Morgan fingerprint density at radius 2 is 2.33 bits per heavy atom. The van der Waals surface area contributed by atoms with Crippen LogP contribution in [-0.4, -0.2) is 17.6 Å². The normalized spacial score (nSPS) is 26.3. The summed E-state index contributed by atoms with van der Waals surface area (Å²) in [6.07, 6.45) is 7.62.